The van der Waals surface area contributed by atoms with E-state index in [1.807, 2.05) is 32.0 Å². The summed E-state index contributed by atoms with van der Waals surface area (Å²) >= 11 is 3.47. The average molecular weight is 330 g/mol. The van der Waals surface area contributed by atoms with Crippen molar-refractivity contribution in [3.05, 3.63) is 28.2 Å². The van der Waals surface area contributed by atoms with E-state index in [1.54, 1.807) is 7.11 Å². The summed E-state index contributed by atoms with van der Waals surface area (Å²) in [6.45, 7) is 3.66. The first-order valence-electron chi connectivity index (χ1n) is 5.99. The van der Waals surface area contributed by atoms with E-state index >= 15 is 0 Å². The zero-order valence-corrected chi connectivity index (χ0v) is 13.3. The maximum absolute atomic E-state index is 11.7. The van der Waals surface area contributed by atoms with Crippen LogP contribution in [0.2, 0.25) is 0 Å². The zero-order valence-electron chi connectivity index (χ0n) is 11.7. The van der Waals surface area contributed by atoms with E-state index in [0.717, 1.165) is 15.8 Å². The van der Waals surface area contributed by atoms with Crippen LogP contribution in [0.15, 0.2) is 22.7 Å². The van der Waals surface area contributed by atoms with Gasteiger partial charge in [-0.05, 0) is 38.0 Å². The first kappa shape index (κ1) is 16.0. The molecule has 0 saturated heterocycles. The zero-order chi connectivity index (χ0) is 14.6. The first-order valence-corrected chi connectivity index (χ1v) is 6.78. The molecule has 2 N–H and O–H groups in total. The Morgan fingerprint density at radius 1 is 1.42 bits per heavy atom. The lowest BCUT2D eigenvalue weighted by Crippen LogP contribution is -2.30. The first-order chi connectivity index (χ1) is 8.81. The molecule has 0 saturated carbocycles. The normalized spacial score (nSPS) is 12.9. The van der Waals surface area contributed by atoms with Gasteiger partial charge in [-0.25, -0.2) is 0 Å². The third kappa shape index (κ3) is 3.94. The maximum atomic E-state index is 11.7. The van der Waals surface area contributed by atoms with Crippen molar-refractivity contribution in [3.8, 4) is 5.75 Å². The quantitative estimate of drug-likeness (QED) is 0.843. The number of esters is 1. The second kappa shape index (κ2) is 6.39. The molecule has 0 aliphatic heterocycles. The van der Waals surface area contributed by atoms with Crippen LogP contribution in [-0.4, -0.2) is 20.2 Å². The molecule has 0 amide bonds. The summed E-state index contributed by atoms with van der Waals surface area (Å²) in [5, 5.41) is 0. The third-order valence-electron chi connectivity index (χ3n) is 3.08. The van der Waals surface area contributed by atoms with E-state index in [-0.39, 0.29) is 12.0 Å². The molecule has 1 rings (SSSR count). The fourth-order valence-corrected chi connectivity index (χ4v) is 2.61. The van der Waals surface area contributed by atoms with Gasteiger partial charge in [0.2, 0.25) is 0 Å². The van der Waals surface area contributed by atoms with E-state index in [2.05, 4.69) is 15.9 Å². The minimum absolute atomic E-state index is 0.255. The topological polar surface area (TPSA) is 61.5 Å². The highest BCUT2D eigenvalue weighted by atomic mass is 79.9. The van der Waals surface area contributed by atoms with Crippen molar-refractivity contribution in [1.82, 2.24) is 0 Å². The number of ether oxygens (including phenoxy) is 2. The van der Waals surface area contributed by atoms with Crippen LogP contribution in [0.3, 0.4) is 0 Å². The van der Waals surface area contributed by atoms with Crippen molar-refractivity contribution < 1.29 is 14.3 Å². The van der Waals surface area contributed by atoms with Crippen molar-refractivity contribution in [3.63, 3.8) is 0 Å². The van der Waals surface area contributed by atoms with E-state index < -0.39 is 5.41 Å². The summed E-state index contributed by atoms with van der Waals surface area (Å²) in [6, 6.07) is 5.36. The van der Waals surface area contributed by atoms with Gasteiger partial charge in [0.1, 0.15) is 5.75 Å². The monoisotopic (exact) mass is 329 g/mol. The van der Waals surface area contributed by atoms with Gasteiger partial charge in [-0.3, -0.25) is 4.79 Å². The summed E-state index contributed by atoms with van der Waals surface area (Å²) < 4.78 is 10.8. The van der Waals surface area contributed by atoms with Gasteiger partial charge in [0.25, 0.3) is 0 Å². The van der Waals surface area contributed by atoms with Crippen LogP contribution < -0.4 is 10.5 Å². The van der Waals surface area contributed by atoms with Crippen molar-refractivity contribution in [2.75, 3.05) is 14.2 Å². The molecule has 4 nitrogen and oxygen atoms in total. The number of hydrogen-bond acceptors (Lipinski definition) is 4. The molecule has 0 aliphatic carbocycles. The predicted molar refractivity (Wildman–Crippen MR) is 78.0 cm³/mol. The Morgan fingerprint density at radius 3 is 2.53 bits per heavy atom. The standard InChI is InChI=1S/C14H20BrNO3/c1-14(2,13(17)19-4)8-12(16)10-6-5-9(18-3)7-11(10)15/h5-7,12H,8,16H2,1-4H3. The third-order valence-corrected chi connectivity index (χ3v) is 3.76. The van der Waals surface area contributed by atoms with Crippen molar-refractivity contribution in [2.45, 2.75) is 26.3 Å². The van der Waals surface area contributed by atoms with E-state index in [4.69, 9.17) is 15.2 Å². The summed E-state index contributed by atoms with van der Waals surface area (Å²) in [4.78, 5) is 11.7. The Hall–Kier alpha value is -1.07. The van der Waals surface area contributed by atoms with Gasteiger partial charge in [-0.2, -0.15) is 0 Å². The van der Waals surface area contributed by atoms with Crippen LogP contribution >= 0.6 is 15.9 Å². The van der Waals surface area contributed by atoms with E-state index in [9.17, 15) is 4.79 Å². The SMILES string of the molecule is COC(=O)C(C)(C)CC(N)c1ccc(OC)cc1Br. The fourth-order valence-electron chi connectivity index (χ4n) is 1.95. The van der Waals surface area contributed by atoms with Crippen LogP contribution in [0.25, 0.3) is 0 Å². The number of halogens is 1. The Morgan fingerprint density at radius 2 is 2.05 bits per heavy atom. The van der Waals surface area contributed by atoms with Gasteiger partial charge >= 0.3 is 5.97 Å². The number of nitrogens with two attached hydrogens (primary N) is 1. The number of benzene rings is 1. The van der Waals surface area contributed by atoms with Crippen molar-refractivity contribution in [1.29, 1.82) is 0 Å². The van der Waals surface area contributed by atoms with E-state index in [0.29, 0.717) is 6.42 Å². The molecule has 0 heterocycles. The van der Waals surface area contributed by atoms with Crippen LogP contribution in [0.1, 0.15) is 31.9 Å². The van der Waals surface area contributed by atoms with Crippen LogP contribution in [-0.2, 0) is 9.53 Å². The number of hydrogen-bond donors (Lipinski definition) is 1. The molecule has 5 heteroatoms. The summed E-state index contributed by atoms with van der Waals surface area (Å²) in [6.07, 6.45) is 0.505. The molecule has 0 fully saturated rings. The minimum Gasteiger partial charge on any atom is -0.497 e. The molecule has 1 unspecified atom stereocenters. The van der Waals surface area contributed by atoms with Crippen LogP contribution in [0.4, 0.5) is 0 Å². The molecule has 0 radical (unpaired) electrons. The van der Waals surface area contributed by atoms with Crippen molar-refractivity contribution >= 4 is 21.9 Å². The lowest BCUT2D eigenvalue weighted by atomic mass is 9.84. The number of methoxy groups -OCH3 is 2. The summed E-state index contributed by atoms with van der Waals surface area (Å²) in [5.41, 5.74) is 6.51. The molecule has 1 aromatic rings. The van der Waals surface area contributed by atoms with Gasteiger partial charge in [0.15, 0.2) is 0 Å². The molecule has 0 spiro atoms. The Kier molecular flexibility index (Phi) is 5.38. The molecule has 1 atom stereocenters. The van der Waals surface area contributed by atoms with Gasteiger partial charge in [-0.15, -0.1) is 0 Å². The van der Waals surface area contributed by atoms with Crippen molar-refractivity contribution in [2.24, 2.45) is 11.1 Å². The minimum atomic E-state index is -0.618. The highest BCUT2D eigenvalue weighted by Gasteiger charge is 2.31. The summed E-state index contributed by atoms with van der Waals surface area (Å²) in [7, 11) is 3.00. The number of rotatable bonds is 5. The molecule has 0 aliphatic rings. The summed E-state index contributed by atoms with van der Waals surface area (Å²) in [5.74, 6) is 0.502. The largest absolute Gasteiger partial charge is 0.497 e. The maximum Gasteiger partial charge on any atom is 0.311 e. The Bertz CT molecular complexity index is 460. The van der Waals surface area contributed by atoms with Gasteiger partial charge in [0.05, 0.1) is 19.6 Å². The predicted octanol–water partition coefficient (Wildman–Crippen LogP) is 3.05. The number of carbonyl (C=O) groups excluding carboxylic acids is 1. The molecule has 106 valence electrons. The van der Waals surface area contributed by atoms with Crippen LogP contribution in [0.5, 0.6) is 5.75 Å². The fraction of sp³-hybridized carbons (Fsp3) is 0.500. The second-order valence-corrected chi connectivity index (χ2v) is 5.93. The number of carbonyl (C=O) groups is 1. The molecular formula is C14H20BrNO3. The highest BCUT2D eigenvalue weighted by Crippen LogP contribution is 2.34. The molecule has 0 bridgehead atoms. The lowest BCUT2D eigenvalue weighted by Gasteiger charge is -2.26. The second-order valence-electron chi connectivity index (χ2n) is 5.07. The van der Waals surface area contributed by atoms with Gasteiger partial charge in [-0.1, -0.05) is 22.0 Å². The smallest absolute Gasteiger partial charge is 0.311 e. The van der Waals surface area contributed by atoms with Gasteiger partial charge in [0, 0.05) is 10.5 Å². The Labute approximate surface area is 122 Å². The molecule has 19 heavy (non-hydrogen) atoms. The van der Waals surface area contributed by atoms with Gasteiger partial charge < -0.3 is 15.2 Å². The molecule has 0 aromatic heterocycles. The average Bonchev–Trinajstić information content (AvgIpc) is 2.36. The lowest BCUT2D eigenvalue weighted by molar-refractivity contribution is -0.151. The molecule has 1 aromatic carbocycles. The molecular weight excluding hydrogens is 310 g/mol. The van der Waals surface area contributed by atoms with Crippen LogP contribution in [0, 0.1) is 5.41 Å². The Balaban J connectivity index is 2.89. The van der Waals surface area contributed by atoms with E-state index in [1.165, 1.54) is 7.11 Å². The highest BCUT2D eigenvalue weighted by molar-refractivity contribution is 9.10.